The molecule has 0 unspecified atom stereocenters. The predicted octanol–water partition coefficient (Wildman–Crippen LogP) is 3.39. The molecule has 0 heteroatoms. The van der Waals surface area contributed by atoms with Crippen molar-refractivity contribution in [1.29, 1.82) is 0 Å². The van der Waals surface area contributed by atoms with Crippen molar-refractivity contribution in [3.05, 3.63) is 60.7 Å². The zero-order chi connectivity index (χ0) is 9.38. The quantitative estimate of drug-likeness (QED) is 0.459. The maximum Gasteiger partial charge on any atom is -0.00139 e. The third-order valence-electron chi connectivity index (χ3n) is 2.39. The minimum Gasteiger partial charge on any atom is -0.0610 e. The minimum absolute atomic E-state index is 1.11. The molecule has 0 saturated carbocycles. The van der Waals surface area contributed by atoms with Crippen molar-refractivity contribution in [2.24, 2.45) is 0 Å². The fraction of sp³-hybridized carbons (Fsp3) is 0. The lowest BCUT2D eigenvalue weighted by molar-refractivity contribution is 1.74. The fourth-order valence-corrected chi connectivity index (χ4v) is 1.68. The van der Waals surface area contributed by atoms with Gasteiger partial charge < -0.3 is 0 Å². The van der Waals surface area contributed by atoms with Crippen LogP contribution in [0.25, 0.3) is 21.5 Å². The summed E-state index contributed by atoms with van der Waals surface area (Å²) < 4.78 is 0. The van der Waals surface area contributed by atoms with Crippen LogP contribution in [0.5, 0.6) is 0 Å². The molecule has 0 atom stereocenters. The minimum atomic E-state index is 1.11. The van der Waals surface area contributed by atoms with E-state index in [1.54, 1.807) is 0 Å². The molecule has 63 valence electrons. The van der Waals surface area contributed by atoms with Crippen LogP contribution in [0.4, 0.5) is 0 Å². The zero-order valence-electron chi connectivity index (χ0n) is 7.54. The van der Waals surface area contributed by atoms with Crippen molar-refractivity contribution in [1.82, 2.24) is 0 Å². The van der Waals surface area contributed by atoms with Gasteiger partial charge in [-0.1, -0.05) is 30.3 Å². The fourth-order valence-electron chi connectivity index (χ4n) is 1.68. The largest absolute Gasteiger partial charge is 0.0610 e. The predicted molar refractivity (Wildman–Crippen MR) is 58.0 cm³/mol. The Morgan fingerprint density at radius 1 is 0.857 bits per heavy atom. The van der Waals surface area contributed by atoms with Crippen LogP contribution < -0.4 is 0 Å². The van der Waals surface area contributed by atoms with Gasteiger partial charge in [0.1, 0.15) is 0 Å². The first kappa shape index (κ1) is 7.57. The van der Waals surface area contributed by atoms with Crippen molar-refractivity contribution in [3.8, 4) is 0 Å². The molecule has 0 aromatic heterocycles. The first-order chi connectivity index (χ1) is 6.93. The summed E-state index contributed by atoms with van der Waals surface area (Å²) in [5.74, 6) is 0. The molecule has 0 fully saturated rings. The van der Waals surface area contributed by atoms with E-state index < -0.39 is 0 Å². The van der Waals surface area contributed by atoms with Crippen LogP contribution in [0.1, 0.15) is 0 Å². The lowest BCUT2D eigenvalue weighted by atomic mass is 10.0. The van der Waals surface area contributed by atoms with Crippen molar-refractivity contribution >= 4 is 21.5 Å². The number of fused-ring (bicyclic) bond motifs is 2. The molecule has 0 N–H and O–H groups in total. The molecule has 0 aliphatic rings. The lowest BCUT2D eigenvalue weighted by Gasteiger charge is -2.00. The number of rotatable bonds is 0. The third-order valence-corrected chi connectivity index (χ3v) is 2.39. The number of hydrogen-bond acceptors (Lipinski definition) is 0. The van der Waals surface area contributed by atoms with Crippen LogP contribution >= 0.6 is 0 Å². The molecule has 0 heterocycles. The number of benzene rings is 3. The molecular formula is C14H7. The summed E-state index contributed by atoms with van der Waals surface area (Å²) in [7, 11) is 0. The summed E-state index contributed by atoms with van der Waals surface area (Å²) in [5, 5.41) is 4.66. The molecule has 0 aliphatic heterocycles. The molecule has 0 nitrogen and oxygen atoms in total. The van der Waals surface area contributed by atoms with E-state index in [0.29, 0.717) is 0 Å². The van der Waals surface area contributed by atoms with Gasteiger partial charge in [0.2, 0.25) is 0 Å². The molecule has 0 amide bonds. The maximum atomic E-state index is 3.22. The van der Waals surface area contributed by atoms with Crippen molar-refractivity contribution < 1.29 is 0 Å². The Hall–Kier alpha value is -1.82. The van der Waals surface area contributed by atoms with E-state index >= 15 is 0 Å². The summed E-state index contributed by atoms with van der Waals surface area (Å²) in [4.78, 5) is 0. The van der Waals surface area contributed by atoms with Gasteiger partial charge in [0.25, 0.3) is 0 Å². The van der Waals surface area contributed by atoms with E-state index in [0.717, 1.165) is 10.8 Å². The standard InChI is InChI=1S/C14H7/c1-2-6-12-10-14-8-4-3-7-13(14)9-11(12)5-1/h1-3,6-7,9-10H. The van der Waals surface area contributed by atoms with Crippen molar-refractivity contribution in [3.63, 3.8) is 0 Å². The first-order valence-corrected chi connectivity index (χ1v) is 4.56. The molecule has 3 aromatic carbocycles. The normalized spacial score (nSPS) is 10.9. The summed E-state index contributed by atoms with van der Waals surface area (Å²) in [5.41, 5.74) is 0. The zero-order valence-corrected chi connectivity index (χ0v) is 7.54. The van der Waals surface area contributed by atoms with Gasteiger partial charge in [0, 0.05) is 0 Å². The van der Waals surface area contributed by atoms with Crippen molar-refractivity contribution in [2.45, 2.75) is 0 Å². The molecule has 3 aromatic rings. The van der Waals surface area contributed by atoms with Gasteiger partial charge in [-0.2, -0.15) is 0 Å². The summed E-state index contributed by atoms with van der Waals surface area (Å²) in [6.07, 6.45) is 0. The van der Waals surface area contributed by atoms with E-state index in [4.69, 9.17) is 0 Å². The van der Waals surface area contributed by atoms with Gasteiger partial charge in [-0.25, -0.2) is 0 Å². The summed E-state index contributed by atoms with van der Waals surface area (Å²) in [6.45, 7) is 0. The van der Waals surface area contributed by atoms with Crippen LogP contribution in [0.15, 0.2) is 42.5 Å². The maximum absolute atomic E-state index is 3.22. The second-order valence-corrected chi connectivity index (χ2v) is 3.30. The second-order valence-electron chi connectivity index (χ2n) is 3.30. The van der Waals surface area contributed by atoms with Gasteiger partial charge in [-0.3, -0.25) is 0 Å². The van der Waals surface area contributed by atoms with E-state index in [1.807, 2.05) is 24.3 Å². The van der Waals surface area contributed by atoms with Crippen LogP contribution in [-0.2, 0) is 0 Å². The van der Waals surface area contributed by atoms with Gasteiger partial charge in [-0.05, 0) is 51.9 Å². The highest BCUT2D eigenvalue weighted by Gasteiger charge is 1.96. The van der Waals surface area contributed by atoms with E-state index in [1.165, 1.54) is 10.8 Å². The highest BCUT2D eigenvalue weighted by atomic mass is 14.0. The van der Waals surface area contributed by atoms with Gasteiger partial charge in [-0.15, -0.1) is 0 Å². The molecule has 0 saturated heterocycles. The van der Waals surface area contributed by atoms with Crippen molar-refractivity contribution in [2.75, 3.05) is 0 Å². The topological polar surface area (TPSA) is 0 Å². The van der Waals surface area contributed by atoms with Gasteiger partial charge in [0.05, 0.1) is 0 Å². The van der Waals surface area contributed by atoms with E-state index in [2.05, 4.69) is 36.4 Å². The molecule has 0 bridgehead atoms. The van der Waals surface area contributed by atoms with Gasteiger partial charge in [0.15, 0.2) is 0 Å². The third kappa shape index (κ3) is 1.08. The van der Waals surface area contributed by atoms with Crippen LogP contribution in [-0.4, -0.2) is 0 Å². The Balaban J connectivity index is 2.52. The van der Waals surface area contributed by atoms with E-state index in [-0.39, 0.29) is 0 Å². The second kappa shape index (κ2) is 2.85. The molecule has 0 aliphatic carbocycles. The summed E-state index contributed by atoms with van der Waals surface area (Å²) in [6, 6.07) is 23.5. The van der Waals surface area contributed by atoms with Crippen LogP contribution in [0.2, 0.25) is 0 Å². The van der Waals surface area contributed by atoms with E-state index in [9.17, 15) is 0 Å². The molecule has 0 spiro atoms. The smallest absolute Gasteiger partial charge is 0.00139 e. The molecule has 3 radical (unpaired) electrons. The Morgan fingerprint density at radius 2 is 1.71 bits per heavy atom. The Morgan fingerprint density at radius 3 is 2.71 bits per heavy atom. The Kier molecular flexibility index (Phi) is 1.54. The SMILES string of the molecule is [c]1[c]c2cc3ccc[c]c3cc2cc1. The van der Waals surface area contributed by atoms with Gasteiger partial charge >= 0.3 is 0 Å². The average Bonchev–Trinajstić information content (AvgIpc) is 2.26. The molecule has 14 heavy (non-hydrogen) atoms. The van der Waals surface area contributed by atoms with Crippen LogP contribution in [0.3, 0.4) is 0 Å². The number of hydrogen-bond donors (Lipinski definition) is 0. The lowest BCUT2D eigenvalue weighted by Crippen LogP contribution is -1.75. The first-order valence-electron chi connectivity index (χ1n) is 4.56. The Bertz CT molecular complexity index is 489. The Labute approximate surface area is 82.8 Å². The summed E-state index contributed by atoms with van der Waals surface area (Å²) >= 11 is 0. The van der Waals surface area contributed by atoms with Crippen LogP contribution in [0, 0.1) is 18.2 Å². The highest BCUT2D eigenvalue weighted by molar-refractivity contribution is 5.97. The molecular weight excluding hydrogens is 168 g/mol. The highest BCUT2D eigenvalue weighted by Crippen LogP contribution is 2.21. The molecule has 3 rings (SSSR count). The monoisotopic (exact) mass is 175 g/mol. The average molecular weight is 175 g/mol.